The Bertz CT molecular complexity index is 727. The smallest absolute Gasteiger partial charge is 0.335 e. The molecule has 0 fully saturated rings. The van der Waals surface area contributed by atoms with Crippen molar-refractivity contribution in [1.29, 1.82) is 0 Å². The molecule has 5 heteroatoms. The van der Waals surface area contributed by atoms with E-state index < -0.39 is 5.97 Å². The van der Waals surface area contributed by atoms with Gasteiger partial charge in [-0.15, -0.1) is 0 Å². The van der Waals surface area contributed by atoms with Crippen molar-refractivity contribution in [2.24, 2.45) is 11.5 Å². The van der Waals surface area contributed by atoms with Crippen LogP contribution in [0.5, 0.6) is 0 Å². The molecule has 5 N–H and O–H groups in total. The Kier molecular flexibility index (Phi) is 9.51. The second-order valence-electron chi connectivity index (χ2n) is 5.09. The number of nitrogens with two attached hydrogens (primary N) is 2. The Balaban J connectivity index is 0.000000195. The highest BCUT2D eigenvalue weighted by Gasteiger charge is 1.96. The van der Waals surface area contributed by atoms with E-state index in [2.05, 4.69) is 0 Å². The highest BCUT2D eigenvalue weighted by molar-refractivity contribution is 5.92. The average Bonchev–Trinajstić information content (AvgIpc) is 2.71. The number of carbonyl (C=O) groups is 2. The van der Waals surface area contributed by atoms with Crippen molar-refractivity contribution in [1.82, 2.24) is 0 Å². The standard InChI is InChI=1S/C7H7NO.C7H9N.C7H6O2/c8-7(9)6-4-2-1-3-5-6;8-6-7-4-2-1-3-5-7;8-7(9)6-4-2-1-3-5-6/h1-5H,(H2,8,9);1-5H,6,8H2;1-5H,(H,8,9). The van der Waals surface area contributed by atoms with Gasteiger partial charge in [-0.05, 0) is 29.8 Å². The van der Waals surface area contributed by atoms with Crippen LogP contribution in [0, 0.1) is 0 Å². The number of hydrogen-bond donors (Lipinski definition) is 3. The van der Waals surface area contributed by atoms with Gasteiger partial charge in [0.05, 0.1) is 5.56 Å². The molecular formula is C21H22N2O3. The summed E-state index contributed by atoms with van der Waals surface area (Å²) in [5.41, 5.74) is 12.4. The minimum Gasteiger partial charge on any atom is -0.478 e. The molecule has 0 bridgehead atoms. The molecule has 0 saturated heterocycles. The molecule has 0 heterocycles. The maximum atomic E-state index is 10.4. The lowest BCUT2D eigenvalue weighted by Crippen LogP contribution is -2.09. The van der Waals surface area contributed by atoms with Gasteiger partial charge in [0.15, 0.2) is 0 Å². The van der Waals surface area contributed by atoms with Crippen molar-refractivity contribution in [2.75, 3.05) is 0 Å². The molecular weight excluding hydrogens is 328 g/mol. The van der Waals surface area contributed by atoms with Gasteiger partial charge in [0, 0.05) is 12.1 Å². The molecule has 26 heavy (non-hydrogen) atoms. The number of hydrogen-bond acceptors (Lipinski definition) is 3. The highest BCUT2D eigenvalue weighted by atomic mass is 16.4. The molecule has 3 aromatic rings. The lowest BCUT2D eigenvalue weighted by atomic mass is 10.2. The van der Waals surface area contributed by atoms with E-state index in [1.807, 2.05) is 36.4 Å². The summed E-state index contributed by atoms with van der Waals surface area (Å²) in [5.74, 6) is -1.26. The molecule has 1 amide bonds. The first-order valence-electron chi connectivity index (χ1n) is 7.91. The van der Waals surface area contributed by atoms with Crippen LogP contribution in [0.2, 0.25) is 0 Å². The van der Waals surface area contributed by atoms with E-state index >= 15 is 0 Å². The molecule has 0 aromatic heterocycles. The third kappa shape index (κ3) is 8.42. The van der Waals surface area contributed by atoms with Crippen molar-refractivity contribution in [3.05, 3.63) is 108 Å². The van der Waals surface area contributed by atoms with Crippen LogP contribution in [-0.2, 0) is 6.54 Å². The maximum absolute atomic E-state index is 10.4. The Morgan fingerprint density at radius 3 is 1.31 bits per heavy atom. The fourth-order valence-corrected chi connectivity index (χ4v) is 1.80. The predicted molar refractivity (Wildman–Crippen MR) is 103 cm³/mol. The van der Waals surface area contributed by atoms with E-state index in [0.717, 1.165) is 0 Å². The largest absolute Gasteiger partial charge is 0.478 e. The van der Waals surface area contributed by atoms with Gasteiger partial charge < -0.3 is 16.6 Å². The summed E-state index contributed by atoms with van der Waals surface area (Å²) < 4.78 is 0. The summed E-state index contributed by atoms with van der Waals surface area (Å²) >= 11 is 0. The quantitative estimate of drug-likeness (QED) is 0.673. The van der Waals surface area contributed by atoms with E-state index in [4.69, 9.17) is 16.6 Å². The molecule has 0 radical (unpaired) electrons. The van der Waals surface area contributed by atoms with Gasteiger partial charge in [-0.2, -0.15) is 0 Å². The summed E-state index contributed by atoms with van der Waals surface area (Å²) in [6.07, 6.45) is 0. The SMILES string of the molecule is NC(=O)c1ccccc1.NCc1ccccc1.O=C(O)c1ccccc1. The summed E-state index contributed by atoms with van der Waals surface area (Å²) in [6.45, 7) is 0.640. The first-order chi connectivity index (χ1) is 12.5. The normalized spacial score (nSPS) is 8.96. The Morgan fingerprint density at radius 2 is 1.08 bits per heavy atom. The number of amides is 1. The van der Waals surface area contributed by atoms with Gasteiger partial charge in [0.1, 0.15) is 0 Å². The Morgan fingerprint density at radius 1 is 0.692 bits per heavy atom. The number of primary amides is 1. The van der Waals surface area contributed by atoms with Crippen molar-refractivity contribution in [2.45, 2.75) is 6.54 Å². The Hall–Kier alpha value is -3.44. The first-order valence-corrected chi connectivity index (χ1v) is 7.91. The van der Waals surface area contributed by atoms with Crippen molar-refractivity contribution in [3.63, 3.8) is 0 Å². The molecule has 5 nitrogen and oxygen atoms in total. The van der Waals surface area contributed by atoms with Crippen LogP contribution in [0.3, 0.4) is 0 Å². The fraction of sp³-hybridized carbons (Fsp3) is 0.0476. The van der Waals surface area contributed by atoms with E-state index in [-0.39, 0.29) is 5.91 Å². The molecule has 0 atom stereocenters. The van der Waals surface area contributed by atoms with Crippen LogP contribution >= 0.6 is 0 Å². The van der Waals surface area contributed by atoms with E-state index in [9.17, 15) is 9.59 Å². The van der Waals surface area contributed by atoms with Crippen LogP contribution in [0.25, 0.3) is 0 Å². The number of carboxylic acid groups (broad SMARTS) is 1. The van der Waals surface area contributed by atoms with E-state index in [0.29, 0.717) is 17.7 Å². The molecule has 0 unspecified atom stereocenters. The zero-order valence-corrected chi connectivity index (χ0v) is 14.3. The molecule has 0 aliphatic rings. The van der Waals surface area contributed by atoms with Crippen LogP contribution in [0.4, 0.5) is 0 Å². The summed E-state index contributed by atoms with van der Waals surface area (Å²) in [5, 5.41) is 8.38. The highest BCUT2D eigenvalue weighted by Crippen LogP contribution is 1.96. The lowest BCUT2D eigenvalue weighted by Gasteiger charge is -1.90. The second-order valence-corrected chi connectivity index (χ2v) is 5.09. The van der Waals surface area contributed by atoms with Gasteiger partial charge >= 0.3 is 5.97 Å². The van der Waals surface area contributed by atoms with E-state index in [1.54, 1.807) is 54.6 Å². The number of aromatic carboxylic acids is 1. The van der Waals surface area contributed by atoms with Crippen LogP contribution < -0.4 is 11.5 Å². The molecule has 3 aromatic carbocycles. The predicted octanol–water partition coefficient (Wildman–Crippen LogP) is 3.32. The average molecular weight is 350 g/mol. The van der Waals surface area contributed by atoms with Crippen molar-refractivity contribution >= 4 is 11.9 Å². The van der Waals surface area contributed by atoms with Crippen LogP contribution in [0.1, 0.15) is 26.3 Å². The third-order valence-corrected chi connectivity index (χ3v) is 3.16. The Labute approximate surface area is 152 Å². The van der Waals surface area contributed by atoms with Gasteiger partial charge in [-0.3, -0.25) is 4.79 Å². The zero-order valence-electron chi connectivity index (χ0n) is 14.3. The number of carboxylic acids is 1. The molecule has 134 valence electrons. The minimum absolute atomic E-state index is 0.331. The molecule has 3 rings (SSSR count). The minimum atomic E-state index is -0.879. The molecule has 0 aliphatic heterocycles. The topological polar surface area (TPSA) is 106 Å². The maximum Gasteiger partial charge on any atom is 0.335 e. The summed E-state index contributed by atoms with van der Waals surface area (Å²) in [6, 6.07) is 27.0. The van der Waals surface area contributed by atoms with E-state index in [1.165, 1.54) is 5.56 Å². The molecule has 0 spiro atoms. The van der Waals surface area contributed by atoms with Crippen molar-refractivity contribution in [3.8, 4) is 0 Å². The number of carbonyl (C=O) groups excluding carboxylic acids is 1. The molecule has 0 aliphatic carbocycles. The number of rotatable bonds is 3. The summed E-state index contributed by atoms with van der Waals surface area (Å²) in [7, 11) is 0. The van der Waals surface area contributed by atoms with Crippen molar-refractivity contribution < 1.29 is 14.7 Å². The lowest BCUT2D eigenvalue weighted by molar-refractivity contribution is 0.0696. The van der Waals surface area contributed by atoms with Crippen LogP contribution in [0.15, 0.2) is 91.0 Å². The number of benzene rings is 3. The monoisotopic (exact) mass is 350 g/mol. The summed E-state index contributed by atoms with van der Waals surface area (Å²) in [4.78, 5) is 20.6. The van der Waals surface area contributed by atoms with Gasteiger partial charge in [-0.25, -0.2) is 4.79 Å². The second kappa shape index (κ2) is 12.0. The molecule has 0 saturated carbocycles. The van der Waals surface area contributed by atoms with Gasteiger partial charge in [0.25, 0.3) is 0 Å². The zero-order chi connectivity index (χ0) is 19.2. The first kappa shape index (κ1) is 20.6. The third-order valence-electron chi connectivity index (χ3n) is 3.16. The van der Waals surface area contributed by atoms with Crippen LogP contribution in [-0.4, -0.2) is 17.0 Å². The van der Waals surface area contributed by atoms with Gasteiger partial charge in [-0.1, -0.05) is 66.7 Å². The fourth-order valence-electron chi connectivity index (χ4n) is 1.80. The van der Waals surface area contributed by atoms with Gasteiger partial charge in [0.2, 0.25) is 5.91 Å².